The summed E-state index contributed by atoms with van der Waals surface area (Å²) >= 11 is 0. The van der Waals surface area contributed by atoms with Gasteiger partial charge in [-0.3, -0.25) is 0 Å². The highest BCUT2D eigenvalue weighted by Crippen LogP contribution is 2.33. The Labute approximate surface area is 170 Å². The van der Waals surface area contributed by atoms with E-state index in [1.54, 1.807) is 0 Å². The van der Waals surface area contributed by atoms with Crippen molar-refractivity contribution in [3.05, 3.63) is 71.8 Å². The summed E-state index contributed by atoms with van der Waals surface area (Å²) in [7, 11) is 0. The van der Waals surface area contributed by atoms with Crippen molar-refractivity contribution in [2.75, 3.05) is 13.1 Å². The summed E-state index contributed by atoms with van der Waals surface area (Å²) in [6.07, 6.45) is 2.53. The molecule has 0 radical (unpaired) electrons. The molecule has 0 unspecified atom stereocenters. The van der Waals surface area contributed by atoms with E-state index in [-0.39, 0.29) is 11.5 Å². The Balaban J connectivity index is 2.26. The Bertz CT molecular complexity index is 715. The van der Waals surface area contributed by atoms with Crippen molar-refractivity contribution in [3.63, 3.8) is 0 Å². The Hall–Kier alpha value is -2.29. The first-order valence-corrected chi connectivity index (χ1v) is 10.4. The lowest BCUT2D eigenvalue weighted by Gasteiger charge is -2.38. The molecule has 0 N–H and O–H groups in total. The second-order valence-corrected chi connectivity index (χ2v) is 8.49. The molecular formula is C25H35NO2. The van der Waals surface area contributed by atoms with Gasteiger partial charge in [0.1, 0.15) is 5.60 Å². The maximum atomic E-state index is 13.0. The van der Waals surface area contributed by atoms with E-state index in [1.165, 1.54) is 11.1 Å². The monoisotopic (exact) mass is 381 g/mol. The molecule has 0 atom stereocenters. The van der Waals surface area contributed by atoms with E-state index in [2.05, 4.69) is 50.2 Å². The van der Waals surface area contributed by atoms with Crippen LogP contribution >= 0.6 is 0 Å². The van der Waals surface area contributed by atoms with Crippen LogP contribution < -0.4 is 0 Å². The van der Waals surface area contributed by atoms with Crippen LogP contribution in [0.15, 0.2) is 60.7 Å². The number of hydrogen-bond donors (Lipinski definition) is 0. The Kier molecular flexibility index (Phi) is 7.68. The maximum absolute atomic E-state index is 13.0. The van der Waals surface area contributed by atoms with E-state index in [0.717, 1.165) is 19.3 Å². The van der Waals surface area contributed by atoms with Gasteiger partial charge >= 0.3 is 6.09 Å². The van der Waals surface area contributed by atoms with Crippen LogP contribution in [0, 0.1) is 0 Å². The first-order chi connectivity index (χ1) is 13.3. The largest absolute Gasteiger partial charge is 0.444 e. The fraction of sp³-hybridized carbons (Fsp3) is 0.480. The van der Waals surface area contributed by atoms with Gasteiger partial charge in [-0.25, -0.2) is 4.79 Å². The van der Waals surface area contributed by atoms with E-state index < -0.39 is 5.60 Å². The Morgan fingerprint density at radius 3 is 1.93 bits per heavy atom. The van der Waals surface area contributed by atoms with E-state index >= 15 is 0 Å². The highest BCUT2D eigenvalue weighted by molar-refractivity contribution is 5.68. The lowest BCUT2D eigenvalue weighted by molar-refractivity contribution is 0.0200. The number of carbonyl (C=O) groups excluding carboxylic acids is 1. The third-order valence-corrected chi connectivity index (χ3v) is 5.40. The highest BCUT2D eigenvalue weighted by atomic mass is 16.6. The molecule has 0 saturated heterocycles. The molecule has 2 aromatic carbocycles. The predicted octanol–water partition coefficient (Wildman–Crippen LogP) is 6.22. The van der Waals surface area contributed by atoms with E-state index in [4.69, 9.17) is 4.74 Å². The molecule has 0 fully saturated rings. The van der Waals surface area contributed by atoms with Gasteiger partial charge in [0.25, 0.3) is 0 Å². The predicted molar refractivity (Wildman–Crippen MR) is 117 cm³/mol. The maximum Gasteiger partial charge on any atom is 0.410 e. The van der Waals surface area contributed by atoms with Gasteiger partial charge in [0.05, 0.1) is 0 Å². The van der Waals surface area contributed by atoms with Crippen LogP contribution in [0.4, 0.5) is 4.79 Å². The minimum atomic E-state index is -0.504. The lowest BCUT2D eigenvalue weighted by Crippen LogP contribution is -2.46. The number of carbonyl (C=O) groups is 1. The standard InChI is InChI=1S/C25H35NO2/c1-6-25(7-2,22-16-12-9-13-17-22)20-26(23(27)28-24(3,4)5)19-18-21-14-10-8-11-15-21/h8-17H,6-7,18-20H2,1-5H3. The molecule has 28 heavy (non-hydrogen) atoms. The molecular weight excluding hydrogens is 346 g/mol. The van der Waals surface area contributed by atoms with Crippen LogP contribution in [-0.2, 0) is 16.6 Å². The Morgan fingerprint density at radius 2 is 1.43 bits per heavy atom. The molecule has 0 bridgehead atoms. The summed E-state index contributed by atoms with van der Waals surface area (Å²) in [6.45, 7) is 11.5. The topological polar surface area (TPSA) is 29.5 Å². The van der Waals surface area contributed by atoms with Gasteiger partial charge in [0, 0.05) is 18.5 Å². The number of amides is 1. The normalized spacial score (nSPS) is 11.9. The molecule has 0 aliphatic carbocycles. The lowest BCUT2D eigenvalue weighted by atomic mass is 9.75. The zero-order chi connectivity index (χ0) is 20.6. The van der Waals surface area contributed by atoms with Crippen molar-refractivity contribution in [2.24, 2.45) is 0 Å². The van der Waals surface area contributed by atoms with Gasteiger partial charge in [0.15, 0.2) is 0 Å². The SMILES string of the molecule is CCC(CC)(CN(CCc1ccccc1)C(=O)OC(C)(C)C)c1ccccc1. The van der Waals surface area contributed by atoms with Crippen molar-refractivity contribution in [2.45, 2.75) is 64.9 Å². The molecule has 0 aliphatic rings. The summed E-state index contributed by atoms with van der Waals surface area (Å²) < 4.78 is 5.75. The van der Waals surface area contributed by atoms with Crippen molar-refractivity contribution in [1.29, 1.82) is 0 Å². The Morgan fingerprint density at radius 1 is 0.893 bits per heavy atom. The van der Waals surface area contributed by atoms with E-state index in [9.17, 15) is 4.79 Å². The summed E-state index contributed by atoms with van der Waals surface area (Å²) in [5.74, 6) is 0. The first-order valence-electron chi connectivity index (χ1n) is 10.4. The molecule has 1 amide bonds. The second-order valence-electron chi connectivity index (χ2n) is 8.49. The molecule has 152 valence electrons. The average molecular weight is 382 g/mol. The van der Waals surface area contributed by atoms with Gasteiger partial charge in [-0.2, -0.15) is 0 Å². The zero-order valence-corrected chi connectivity index (χ0v) is 18.1. The summed E-state index contributed by atoms with van der Waals surface area (Å²) in [5, 5.41) is 0. The highest BCUT2D eigenvalue weighted by Gasteiger charge is 2.34. The van der Waals surface area contributed by atoms with Crippen LogP contribution in [0.5, 0.6) is 0 Å². The smallest absolute Gasteiger partial charge is 0.410 e. The zero-order valence-electron chi connectivity index (χ0n) is 18.1. The average Bonchev–Trinajstić information content (AvgIpc) is 2.69. The molecule has 2 aromatic rings. The van der Waals surface area contributed by atoms with E-state index in [1.807, 2.05) is 49.9 Å². The van der Waals surface area contributed by atoms with Crippen LogP contribution in [0.3, 0.4) is 0 Å². The van der Waals surface area contributed by atoms with Crippen molar-refractivity contribution in [3.8, 4) is 0 Å². The van der Waals surface area contributed by atoms with Gasteiger partial charge in [-0.1, -0.05) is 74.5 Å². The number of nitrogens with zero attached hydrogens (tertiary/aromatic N) is 1. The van der Waals surface area contributed by atoms with Gasteiger partial charge < -0.3 is 9.64 Å². The van der Waals surface area contributed by atoms with E-state index in [0.29, 0.717) is 13.1 Å². The molecule has 0 aromatic heterocycles. The summed E-state index contributed by atoms with van der Waals surface area (Å²) in [4.78, 5) is 14.9. The number of benzene rings is 2. The summed E-state index contributed by atoms with van der Waals surface area (Å²) in [5.41, 5.74) is 1.94. The van der Waals surface area contributed by atoms with Crippen LogP contribution in [0.2, 0.25) is 0 Å². The summed E-state index contributed by atoms with van der Waals surface area (Å²) in [6, 6.07) is 20.9. The molecule has 3 nitrogen and oxygen atoms in total. The minimum Gasteiger partial charge on any atom is -0.444 e. The fourth-order valence-corrected chi connectivity index (χ4v) is 3.60. The molecule has 3 heteroatoms. The molecule has 0 heterocycles. The number of hydrogen-bond acceptors (Lipinski definition) is 2. The molecule has 0 aliphatic heterocycles. The molecule has 2 rings (SSSR count). The van der Waals surface area contributed by atoms with Gasteiger partial charge in [-0.15, -0.1) is 0 Å². The van der Waals surface area contributed by atoms with Gasteiger partial charge in [0.2, 0.25) is 0 Å². The van der Waals surface area contributed by atoms with Crippen LogP contribution in [0.1, 0.15) is 58.6 Å². The van der Waals surface area contributed by atoms with Crippen molar-refractivity contribution < 1.29 is 9.53 Å². The van der Waals surface area contributed by atoms with Crippen molar-refractivity contribution >= 4 is 6.09 Å². The minimum absolute atomic E-state index is 0.0746. The second kappa shape index (κ2) is 9.77. The fourth-order valence-electron chi connectivity index (χ4n) is 3.60. The van der Waals surface area contributed by atoms with Gasteiger partial charge in [-0.05, 0) is 51.2 Å². The first kappa shape index (κ1) is 22.0. The van der Waals surface area contributed by atoms with Crippen LogP contribution in [-0.4, -0.2) is 29.7 Å². The number of ether oxygens (including phenoxy) is 1. The quantitative estimate of drug-likeness (QED) is 0.543. The molecule has 0 saturated carbocycles. The van der Waals surface area contributed by atoms with Crippen molar-refractivity contribution in [1.82, 2.24) is 4.90 Å². The number of rotatable bonds is 8. The third kappa shape index (κ3) is 6.12. The third-order valence-electron chi connectivity index (χ3n) is 5.40. The molecule has 0 spiro atoms. The van der Waals surface area contributed by atoms with Crippen LogP contribution in [0.25, 0.3) is 0 Å².